The molecule has 1 saturated heterocycles. The molecule has 1 aliphatic heterocycles. The van der Waals surface area contributed by atoms with Gasteiger partial charge in [-0.1, -0.05) is 6.07 Å². The Kier molecular flexibility index (Phi) is 3.74. The number of ether oxygens (including phenoxy) is 2. The number of rotatable bonds is 4. The number of anilines is 1. The van der Waals surface area contributed by atoms with Crippen LogP contribution in [0.15, 0.2) is 18.3 Å². The maximum absolute atomic E-state index is 5.39. The molecule has 4 heteroatoms. The van der Waals surface area contributed by atoms with Crippen molar-refractivity contribution in [3.05, 3.63) is 23.9 Å². The lowest BCUT2D eigenvalue weighted by molar-refractivity contribution is -0.0447. The molecular formula is C12H18N2O2. The first-order valence-electron chi connectivity index (χ1n) is 5.63. The first-order valence-corrected chi connectivity index (χ1v) is 5.63. The van der Waals surface area contributed by atoms with Crippen molar-refractivity contribution < 1.29 is 9.47 Å². The monoisotopic (exact) mass is 222 g/mol. The standard InChI is InChI=1S/C12H18N2O2/c1-10-3-4-11(13-9-10)14(2)6-5-12-15-7-8-16-12/h3-4,9,12H,5-8H2,1-2H3. The van der Waals surface area contributed by atoms with Crippen molar-refractivity contribution >= 4 is 5.82 Å². The van der Waals surface area contributed by atoms with Crippen LogP contribution in [0.1, 0.15) is 12.0 Å². The highest BCUT2D eigenvalue weighted by molar-refractivity contribution is 5.37. The van der Waals surface area contributed by atoms with Gasteiger partial charge >= 0.3 is 0 Å². The Morgan fingerprint density at radius 3 is 2.75 bits per heavy atom. The molecule has 1 aromatic heterocycles. The highest BCUT2D eigenvalue weighted by atomic mass is 16.7. The molecule has 0 N–H and O–H groups in total. The molecule has 4 nitrogen and oxygen atoms in total. The minimum Gasteiger partial charge on any atom is -0.359 e. The van der Waals surface area contributed by atoms with E-state index in [0.29, 0.717) is 0 Å². The Morgan fingerprint density at radius 1 is 1.38 bits per heavy atom. The van der Waals surface area contributed by atoms with Crippen LogP contribution in [0.25, 0.3) is 0 Å². The molecule has 0 radical (unpaired) electrons. The maximum Gasteiger partial charge on any atom is 0.159 e. The van der Waals surface area contributed by atoms with Crippen molar-refractivity contribution in [2.75, 3.05) is 31.7 Å². The molecule has 0 aliphatic carbocycles. The SMILES string of the molecule is Cc1ccc(N(C)CCC2OCCO2)nc1. The van der Waals surface area contributed by atoms with E-state index in [1.54, 1.807) is 0 Å². The zero-order valence-electron chi connectivity index (χ0n) is 9.85. The fraction of sp³-hybridized carbons (Fsp3) is 0.583. The molecule has 0 unspecified atom stereocenters. The van der Waals surface area contributed by atoms with Gasteiger partial charge in [0.15, 0.2) is 6.29 Å². The molecule has 0 aromatic carbocycles. The normalized spacial score (nSPS) is 16.6. The van der Waals surface area contributed by atoms with Gasteiger partial charge in [-0.05, 0) is 18.6 Å². The van der Waals surface area contributed by atoms with Crippen LogP contribution in [0.2, 0.25) is 0 Å². The molecule has 88 valence electrons. The summed E-state index contributed by atoms with van der Waals surface area (Å²) in [5, 5.41) is 0. The minimum absolute atomic E-state index is 0.0344. The van der Waals surface area contributed by atoms with Crippen molar-refractivity contribution in [1.29, 1.82) is 0 Å². The van der Waals surface area contributed by atoms with Crippen LogP contribution < -0.4 is 4.90 Å². The summed E-state index contributed by atoms with van der Waals surface area (Å²) in [5.74, 6) is 0.989. The molecule has 0 amide bonds. The van der Waals surface area contributed by atoms with Crippen molar-refractivity contribution in [1.82, 2.24) is 4.98 Å². The van der Waals surface area contributed by atoms with Gasteiger partial charge in [-0.15, -0.1) is 0 Å². The van der Waals surface area contributed by atoms with Gasteiger partial charge in [0.25, 0.3) is 0 Å². The Balaban J connectivity index is 1.82. The van der Waals surface area contributed by atoms with Crippen LogP contribution in [0, 0.1) is 6.92 Å². The van der Waals surface area contributed by atoms with E-state index in [1.807, 2.05) is 26.2 Å². The number of hydrogen-bond donors (Lipinski definition) is 0. The number of pyridine rings is 1. The largest absolute Gasteiger partial charge is 0.359 e. The lowest BCUT2D eigenvalue weighted by Crippen LogP contribution is -2.24. The summed E-state index contributed by atoms with van der Waals surface area (Å²) in [7, 11) is 2.03. The molecule has 16 heavy (non-hydrogen) atoms. The second-order valence-corrected chi connectivity index (χ2v) is 4.08. The summed E-state index contributed by atoms with van der Waals surface area (Å²) in [6.45, 7) is 4.37. The van der Waals surface area contributed by atoms with Gasteiger partial charge < -0.3 is 14.4 Å². The molecule has 0 spiro atoms. The topological polar surface area (TPSA) is 34.6 Å². The lowest BCUT2D eigenvalue weighted by Gasteiger charge is -2.19. The predicted molar refractivity (Wildman–Crippen MR) is 62.6 cm³/mol. The molecule has 2 rings (SSSR count). The second-order valence-electron chi connectivity index (χ2n) is 4.08. The van der Waals surface area contributed by atoms with Crippen molar-refractivity contribution in [3.8, 4) is 0 Å². The number of aromatic nitrogens is 1. The van der Waals surface area contributed by atoms with Gasteiger partial charge in [0.1, 0.15) is 5.82 Å². The summed E-state index contributed by atoms with van der Waals surface area (Å²) < 4.78 is 10.8. The van der Waals surface area contributed by atoms with E-state index in [9.17, 15) is 0 Å². The van der Waals surface area contributed by atoms with Gasteiger partial charge in [-0.25, -0.2) is 4.98 Å². The van der Waals surface area contributed by atoms with Crippen molar-refractivity contribution in [2.24, 2.45) is 0 Å². The third-order valence-electron chi connectivity index (χ3n) is 2.68. The fourth-order valence-corrected chi connectivity index (χ4v) is 1.67. The van der Waals surface area contributed by atoms with Crippen LogP contribution >= 0.6 is 0 Å². The van der Waals surface area contributed by atoms with Crippen LogP contribution in [0.3, 0.4) is 0 Å². The van der Waals surface area contributed by atoms with E-state index in [1.165, 1.54) is 5.56 Å². The predicted octanol–water partition coefficient (Wildman–Crippen LogP) is 1.59. The second kappa shape index (κ2) is 5.27. The third kappa shape index (κ3) is 2.93. The summed E-state index contributed by atoms with van der Waals surface area (Å²) in [4.78, 5) is 6.48. The minimum atomic E-state index is -0.0344. The van der Waals surface area contributed by atoms with E-state index in [2.05, 4.69) is 16.0 Å². The summed E-state index contributed by atoms with van der Waals surface area (Å²) in [5.41, 5.74) is 1.18. The zero-order chi connectivity index (χ0) is 11.4. The Labute approximate surface area is 96.2 Å². The van der Waals surface area contributed by atoms with Crippen LogP contribution in [0.5, 0.6) is 0 Å². The summed E-state index contributed by atoms with van der Waals surface area (Å²) in [6.07, 6.45) is 2.73. The van der Waals surface area contributed by atoms with E-state index >= 15 is 0 Å². The molecule has 1 aromatic rings. The maximum atomic E-state index is 5.39. The first-order chi connectivity index (χ1) is 7.75. The Morgan fingerprint density at radius 2 is 2.12 bits per heavy atom. The molecule has 2 heterocycles. The molecule has 1 fully saturated rings. The third-order valence-corrected chi connectivity index (χ3v) is 2.68. The van der Waals surface area contributed by atoms with Gasteiger partial charge in [0.05, 0.1) is 13.2 Å². The van der Waals surface area contributed by atoms with Gasteiger partial charge in [-0.2, -0.15) is 0 Å². The molecular weight excluding hydrogens is 204 g/mol. The van der Waals surface area contributed by atoms with Crippen molar-refractivity contribution in [2.45, 2.75) is 19.6 Å². The summed E-state index contributed by atoms with van der Waals surface area (Å²) in [6, 6.07) is 4.10. The van der Waals surface area contributed by atoms with E-state index < -0.39 is 0 Å². The number of hydrogen-bond acceptors (Lipinski definition) is 4. The van der Waals surface area contributed by atoms with Gasteiger partial charge in [-0.3, -0.25) is 0 Å². The molecule has 0 saturated carbocycles. The molecule has 1 aliphatic rings. The van der Waals surface area contributed by atoms with Crippen LogP contribution in [-0.4, -0.2) is 38.1 Å². The van der Waals surface area contributed by atoms with Crippen molar-refractivity contribution in [3.63, 3.8) is 0 Å². The van der Waals surface area contributed by atoms with Crippen LogP contribution in [0.4, 0.5) is 5.82 Å². The Hall–Kier alpha value is -1.13. The Bertz CT molecular complexity index is 320. The van der Waals surface area contributed by atoms with E-state index in [4.69, 9.17) is 9.47 Å². The highest BCUT2D eigenvalue weighted by Crippen LogP contribution is 2.12. The van der Waals surface area contributed by atoms with Crippen LogP contribution in [-0.2, 0) is 9.47 Å². The van der Waals surface area contributed by atoms with Gasteiger partial charge in [0, 0.05) is 26.2 Å². The zero-order valence-corrected chi connectivity index (χ0v) is 9.85. The molecule has 0 bridgehead atoms. The average Bonchev–Trinajstić information content (AvgIpc) is 2.80. The average molecular weight is 222 g/mol. The quantitative estimate of drug-likeness (QED) is 0.775. The first kappa shape index (κ1) is 11.4. The lowest BCUT2D eigenvalue weighted by atomic mass is 10.3. The van der Waals surface area contributed by atoms with E-state index in [-0.39, 0.29) is 6.29 Å². The fourth-order valence-electron chi connectivity index (χ4n) is 1.67. The molecule has 0 atom stereocenters. The number of aryl methyl sites for hydroxylation is 1. The smallest absolute Gasteiger partial charge is 0.159 e. The summed E-state index contributed by atoms with van der Waals surface area (Å²) >= 11 is 0. The van der Waals surface area contributed by atoms with E-state index in [0.717, 1.165) is 32.0 Å². The van der Waals surface area contributed by atoms with Gasteiger partial charge in [0.2, 0.25) is 0 Å². The highest BCUT2D eigenvalue weighted by Gasteiger charge is 2.16. The number of nitrogens with zero attached hydrogens (tertiary/aromatic N) is 2.